The highest BCUT2D eigenvalue weighted by molar-refractivity contribution is 7.91. The predicted molar refractivity (Wildman–Crippen MR) is 171 cm³/mol. The standard InChI is InChI=1S/C27H23ClN8O12S2/c28-16-2-3-17(18(10-16)36(42)43)24-32-33-27(49-24)50(44,45)29-6-8-34(12-23(38)39)22(37)11-35-7-5-21(30-25(35)40)31-26(41)46-13-15-1-4-19-20(9-15)48-14-47-19/h1-5,7,9-10,29H,6,8,11-14H2,(H,38,39)(H,30,31,40,41). The summed E-state index contributed by atoms with van der Waals surface area (Å²) in [5, 5.41) is 30.3. The van der Waals surface area contributed by atoms with E-state index in [1.165, 1.54) is 18.2 Å². The zero-order chi connectivity index (χ0) is 36.0. The molecule has 1 aliphatic rings. The molecule has 23 heteroatoms. The largest absolute Gasteiger partial charge is 0.480 e. The number of sulfonamides is 1. The number of aliphatic carboxylic acids is 1. The summed E-state index contributed by atoms with van der Waals surface area (Å²) in [6.07, 6.45) is 0.218. The molecule has 2 aromatic carbocycles. The molecule has 2 amide bonds. The van der Waals surface area contributed by atoms with Crippen molar-refractivity contribution in [2.24, 2.45) is 0 Å². The summed E-state index contributed by atoms with van der Waals surface area (Å²) in [4.78, 5) is 64.4. The topological polar surface area (TPSA) is 264 Å². The van der Waals surface area contributed by atoms with Gasteiger partial charge in [0.1, 0.15) is 25.5 Å². The number of hydrogen-bond acceptors (Lipinski definition) is 15. The van der Waals surface area contributed by atoms with Crippen molar-refractivity contribution in [3.8, 4) is 22.1 Å². The van der Waals surface area contributed by atoms with Crippen LogP contribution in [-0.4, -0.2) is 87.5 Å². The van der Waals surface area contributed by atoms with Crippen LogP contribution in [0.15, 0.2) is 57.8 Å². The summed E-state index contributed by atoms with van der Waals surface area (Å²) in [5.41, 5.74) is -0.773. The number of nitrogens with zero attached hydrogens (tertiary/aromatic N) is 6. The molecule has 4 aromatic rings. The van der Waals surface area contributed by atoms with Crippen LogP contribution in [0.3, 0.4) is 0 Å². The third-order valence-electron chi connectivity index (χ3n) is 6.59. The molecule has 0 spiro atoms. The van der Waals surface area contributed by atoms with Crippen molar-refractivity contribution in [2.45, 2.75) is 17.5 Å². The summed E-state index contributed by atoms with van der Waals surface area (Å²) in [5.74, 6) is -1.40. The molecule has 20 nitrogen and oxygen atoms in total. The minimum Gasteiger partial charge on any atom is -0.480 e. The second-order valence-corrected chi connectivity index (χ2v) is 13.4. The van der Waals surface area contributed by atoms with Gasteiger partial charge in [0.15, 0.2) is 16.5 Å². The lowest BCUT2D eigenvalue weighted by Crippen LogP contribution is -2.43. The summed E-state index contributed by atoms with van der Waals surface area (Å²) >= 11 is 6.36. The average Bonchev–Trinajstić information content (AvgIpc) is 3.75. The van der Waals surface area contributed by atoms with Crippen LogP contribution >= 0.6 is 22.9 Å². The first-order chi connectivity index (χ1) is 23.8. The van der Waals surface area contributed by atoms with Gasteiger partial charge in [-0.25, -0.2) is 22.7 Å². The molecule has 0 unspecified atom stereocenters. The number of carboxylic acids is 1. The van der Waals surface area contributed by atoms with E-state index in [2.05, 4.69) is 25.2 Å². The number of fused-ring (bicyclic) bond motifs is 1. The first-order valence-corrected chi connectivity index (χ1v) is 16.6. The van der Waals surface area contributed by atoms with Crippen molar-refractivity contribution < 1.29 is 47.0 Å². The van der Waals surface area contributed by atoms with Gasteiger partial charge in [0, 0.05) is 30.4 Å². The van der Waals surface area contributed by atoms with E-state index in [9.17, 15) is 42.8 Å². The molecule has 3 heterocycles. The number of hydrogen-bond donors (Lipinski definition) is 3. The predicted octanol–water partition coefficient (Wildman–Crippen LogP) is 1.69. The summed E-state index contributed by atoms with van der Waals surface area (Å²) in [7, 11) is -4.35. The van der Waals surface area contributed by atoms with Gasteiger partial charge in [-0.3, -0.25) is 29.6 Å². The van der Waals surface area contributed by atoms with E-state index >= 15 is 0 Å². The van der Waals surface area contributed by atoms with Gasteiger partial charge in [-0.15, -0.1) is 10.2 Å². The molecule has 2 aromatic heterocycles. The van der Waals surface area contributed by atoms with Crippen LogP contribution in [0, 0.1) is 10.1 Å². The maximum atomic E-state index is 13.0. The van der Waals surface area contributed by atoms with Crippen LogP contribution in [0.4, 0.5) is 16.3 Å². The molecule has 0 bridgehead atoms. The quantitative estimate of drug-likeness (QED) is 0.122. The monoisotopic (exact) mass is 750 g/mol. The SMILES string of the molecule is O=C(O)CN(CCNS(=O)(=O)c1nnc(-c2ccc(Cl)cc2[N+](=O)[O-])s1)C(=O)Cn1ccc(NC(=O)OCc2ccc3c(c2)OCO3)nc1=O. The zero-order valence-electron chi connectivity index (χ0n) is 25.2. The Morgan fingerprint density at radius 2 is 1.92 bits per heavy atom. The molecule has 0 aliphatic carbocycles. The van der Waals surface area contributed by atoms with Crippen LogP contribution in [0.2, 0.25) is 5.02 Å². The fraction of sp³-hybridized carbons (Fsp3) is 0.222. The van der Waals surface area contributed by atoms with Crippen LogP contribution in [0.5, 0.6) is 11.5 Å². The number of carbonyl (C=O) groups excluding carboxylic acids is 2. The molecular formula is C27H23ClN8O12S2. The lowest BCUT2D eigenvalue weighted by Gasteiger charge is -2.21. The second kappa shape index (κ2) is 15.2. The maximum absolute atomic E-state index is 13.0. The van der Waals surface area contributed by atoms with Gasteiger partial charge in [0.25, 0.3) is 15.7 Å². The van der Waals surface area contributed by atoms with E-state index in [0.29, 0.717) is 28.4 Å². The molecule has 262 valence electrons. The van der Waals surface area contributed by atoms with Gasteiger partial charge in [0.2, 0.25) is 17.0 Å². The smallest absolute Gasteiger partial charge is 0.413 e. The first-order valence-electron chi connectivity index (χ1n) is 14.0. The lowest BCUT2D eigenvalue weighted by molar-refractivity contribution is -0.384. The highest BCUT2D eigenvalue weighted by atomic mass is 35.5. The van der Waals surface area contributed by atoms with Crippen LogP contribution in [0.25, 0.3) is 10.6 Å². The number of carbonyl (C=O) groups is 3. The summed E-state index contributed by atoms with van der Waals surface area (Å²) in [6, 6.07) is 9.93. The number of benzene rings is 2. The van der Waals surface area contributed by atoms with E-state index in [-0.39, 0.29) is 34.8 Å². The average molecular weight is 751 g/mol. The molecular weight excluding hydrogens is 728 g/mol. The maximum Gasteiger partial charge on any atom is 0.413 e. The van der Waals surface area contributed by atoms with Gasteiger partial charge in [0.05, 0.1) is 10.5 Å². The van der Waals surface area contributed by atoms with Crippen molar-refractivity contribution >= 4 is 62.4 Å². The number of aromatic nitrogens is 4. The fourth-order valence-corrected chi connectivity index (χ4v) is 6.54. The van der Waals surface area contributed by atoms with Crippen LogP contribution in [-0.2, 0) is 37.5 Å². The highest BCUT2D eigenvalue weighted by Crippen LogP contribution is 2.35. The number of anilines is 1. The Bertz CT molecular complexity index is 2140. The number of amides is 2. The molecule has 0 radical (unpaired) electrons. The lowest BCUT2D eigenvalue weighted by atomic mass is 10.2. The molecule has 3 N–H and O–H groups in total. The van der Waals surface area contributed by atoms with E-state index in [4.69, 9.17) is 25.8 Å². The second-order valence-electron chi connectivity index (χ2n) is 10.0. The number of ether oxygens (including phenoxy) is 3. The fourth-order valence-electron chi connectivity index (χ4n) is 4.28. The van der Waals surface area contributed by atoms with Gasteiger partial charge < -0.3 is 24.2 Å². The number of nitro benzene ring substituents is 1. The van der Waals surface area contributed by atoms with Gasteiger partial charge in [-0.05, 0) is 35.9 Å². The minimum absolute atomic E-state index is 0.0114. The number of halogens is 1. The van der Waals surface area contributed by atoms with Gasteiger partial charge in [-0.2, -0.15) is 4.98 Å². The van der Waals surface area contributed by atoms with E-state index in [1.807, 2.05) is 0 Å². The van der Waals surface area contributed by atoms with Crippen molar-refractivity contribution in [2.75, 3.05) is 31.7 Å². The molecule has 0 atom stereocenters. The van der Waals surface area contributed by atoms with Crippen LogP contribution < -0.4 is 25.2 Å². The Balaban J connectivity index is 1.16. The Morgan fingerprint density at radius 1 is 1.14 bits per heavy atom. The molecule has 0 fully saturated rings. The zero-order valence-corrected chi connectivity index (χ0v) is 27.6. The third-order valence-corrected chi connectivity index (χ3v) is 9.61. The normalized spacial score (nSPS) is 11.9. The van der Waals surface area contributed by atoms with Gasteiger partial charge in [-0.1, -0.05) is 29.0 Å². The van der Waals surface area contributed by atoms with E-state index < -0.39 is 74.8 Å². The summed E-state index contributed by atoms with van der Waals surface area (Å²) < 4.78 is 43.8. The van der Waals surface area contributed by atoms with Crippen molar-refractivity contribution in [3.63, 3.8) is 0 Å². The third kappa shape index (κ3) is 8.84. The Labute approximate surface area is 289 Å². The van der Waals surface area contributed by atoms with Crippen molar-refractivity contribution in [3.05, 3.63) is 79.8 Å². The van der Waals surface area contributed by atoms with Crippen molar-refractivity contribution in [1.82, 2.24) is 29.4 Å². The van der Waals surface area contributed by atoms with Gasteiger partial charge >= 0.3 is 17.8 Å². The first kappa shape index (κ1) is 35.6. The molecule has 1 aliphatic heterocycles. The molecule has 5 rings (SSSR count). The van der Waals surface area contributed by atoms with Crippen molar-refractivity contribution in [1.29, 1.82) is 0 Å². The minimum atomic E-state index is -4.35. The number of carboxylic acid groups (broad SMARTS) is 1. The Kier molecular flexibility index (Phi) is 10.8. The number of nitro groups is 1. The van der Waals surface area contributed by atoms with Crippen LogP contribution in [0.1, 0.15) is 5.56 Å². The highest BCUT2D eigenvalue weighted by Gasteiger charge is 2.26. The molecule has 0 saturated carbocycles. The number of nitrogens with one attached hydrogen (secondary N) is 2. The summed E-state index contributed by atoms with van der Waals surface area (Å²) in [6.45, 7) is -2.45. The number of rotatable bonds is 14. The van der Waals surface area contributed by atoms with E-state index in [0.717, 1.165) is 21.7 Å². The Morgan fingerprint density at radius 3 is 2.66 bits per heavy atom. The Hall–Kier alpha value is -5.71. The molecule has 50 heavy (non-hydrogen) atoms. The molecule has 0 saturated heterocycles. The van der Waals surface area contributed by atoms with E-state index in [1.54, 1.807) is 18.2 Å².